The number of rotatable bonds is 7. The van der Waals surface area contributed by atoms with Gasteiger partial charge in [0.1, 0.15) is 11.4 Å². The van der Waals surface area contributed by atoms with Crippen molar-refractivity contribution in [2.24, 2.45) is 0 Å². The van der Waals surface area contributed by atoms with Gasteiger partial charge in [0.25, 0.3) is 11.6 Å². The number of aryl methyl sites for hydroxylation is 3. The zero-order chi connectivity index (χ0) is 20.1. The van der Waals surface area contributed by atoms with E-state index in [1.54, 1.807) is 19.1 Å². The minimum Gasteiger partial charge on any atom is -0.482 e. The maximum Gasteiger partial charge on any atom is 0.344 e. The number of hydrogen-bond donors (Lipinski definition) is 1. The summed E-state index contributed by atoms with van der Waals surface area (Å²) in [7, 11) is 0. The minimum atomic E-state index is -0.700. The van der Waals surface area contributed by atoms with Gasteiger partial charge >= 0.3 is 5.97 Å². The SMILES string of the molecule is Cc1ccc(NC(=O)COC(=O)COc2ccc3c(c2)CCC3)c([N+](=O)[O-])c1. The Morgan fingerprint density at radius 1 is 1.11 bits per heavy atom. The monoisotopic (exact) mass is 384 g/mol. The number of carbonyl (C=O) groups is 2. The van der Waals surface area contributed by atoms with Crippen molar-refractivity contribution in [1.82, 2.24) is 0 Å². The summed E-state index contributed by atoms with van der Waals surface area (Å²) in [5.74, 6) is -0.788. The Balaban J connectivity index is 1.47. The Hall–Kier alpha value is -3.42. The van der Waals surface area contributed by atoms with E-state index in [0.29, 0.717) is 11.3 Å². The van der Waals surface area contributed by atoms with Crippen molar-refractivity contribution >= 4 is 23.3 Å². The highest BCUT2D eigenvalue weighted by Crippen LogP contribution is 2.26. The molecule has 0 saturated carbocycles. The van der Waals surface area contributed by atoms with Crippen LogP contribution in [0.3, 0.4) is 0 Å². The third kappa shape index (κ3) is 4.85. The first kappa shape index (κ1) is 19.3. The van der Waals surface area contributed by atoms with Gasteiger partial charge in [-0.15, -0.1) is 0 Å². The average Bonchev–Trinajstić information content (AvgIpc) is 3.13. The molecule has 1 amide bonds. The second-order valence-corrected chi connectivity index (χ2v) is 6.56. The Labute approximate surface area is 161 Å². The Morgan fingerprint density at radius 2 is 1.89 bits per heavy atom. The smallest absolute Gasteiger partial charge is 0.344 e. The third-order valence-corrected chi connectivity index (χ3v) is 4.41. The van der Waals surface area contributed by atoms with Crippen molar-refractivity contribution in [3.63, 3.8) is 0 Å². The van der Waals surface area contributed by atoms with Gasteiger partial charge in [0, 0.05) is 6.07 Å². The molecule has 0 atom stereocenters. The van der Waals surface area contributed by atoms with Crippen LogP contribution in [-0.2, 0) is 27.2 Å². The molecular formula is C20H20N2O6. The normalized spacial score (nSPS) is 12.2. The van der Waals surface area contributed by atoms with Crippen molar-refractivity contribution in [2.45, 2.75) is 26.2 Å². The number of hydrogen-bond acceptors (Lipinski definition) is 6. The first-order chi connectivity index (χ1) is 13.4. The first-order valence-corrected chi connectivity index (χ1v) is 8.87. The number of nitro groups is 1. The predicted octanol–water partition coefficient (Wildman–Crippen LogP) is 2.95. The number of carbonyl (C=O) groups excluding carboxylic acids is 2. The van der Waals surface area contributed by atoms with Crippen LogP contribution in [0.2, 0.25) is 0 Å². The summed E-state index contributed by atoms with van der Waals surface area (Å²) in [5.41, 5.74) is 3.05. The van der Waals surface area contributed by atoms with Gasteiger partial charge in [-0.1, -0.05) is 12.1 Å². The number of nitrogens with one attached hydrogen (secondary N) is 1. The average molecular weight is 384 g/mol. The Bertz CT molecular complexity index is 925. The maximum absolute atomic E-state index is 11.9. The molecule has 1 aliphatic carbocycles. The van der Waals surface area contributed by atoms with Crippen LogP contribution in [0.25, 0.3) is 0 Å². The highest BCUT2D eigenvalue weighted by atomic mass is 16.6. The summed E-state index contributed by atoms with van der Waals surface area (Å²) in [5, 5.41) is 13.4. The lowest BCUT2D eigenvalue weighted by Gasteiger charge is -2.09. The van der Waals surface area contributed by atoms with Gasteiger partial charge in [0.15, 0.2) is 13.2 Å². The number of fused-ring (bicyclic) bond motifs is 1. The molecule has 0 aromatic heterocycles. The number of anilines is 1. The van der Waals surface area contributed by atoms with E-state index >= 15 is 0 Å². The molecule has 0 heterocycles. The minimum absolute atomic E-state index is 0.0473. The van der Waals surface area contributed by atoms with Gasteiger partial charge in [-0.3, -0.25) is 14.9 Å². The Kier molecular flexibility index (Phi) is 5.88. The van der Waals surface area contributed by atoms with Crippen molar-refractivity contribution in [3.05, 3.63) is 63.2 Å². The van der Waals surface area contributed by atoms with Crippen LogP contribution in [0, 0.1) is 17.0 Å². The van der Waals surface area contributed by atoms with E-state index in [1.165, 1.54) is 23.3 Å². The lowest BCUT2D eigenvalue weighted by molar-refractivity contribution is -0.384. The van der Waals surface area contributed by atoms with E-state index in [-0.39, 0.29) is 18.0 Å². The summed E-state index contributed by atoms with van der Waals surface area (Å²) in [6.45, 7) is 0.829. The largest absolute Gasteiger partial charge is 0.482 e. The van der Waals surface area contributed by atoms with E-state index in [0.717, 1.165) is 19.3 Å². The lowest BCUT2D eigenvalue weighted by atomic mass is 10.1. The standard InChI is InChI=1S/C20H20N2O6/c1-13-5-8-17(18(9-13)22(25)26)21-19(23)11-28-20(24)12-27-16-7-6-14-3-2-4-15(14)10-16/h5-10H,2-4,11-12H2,1H3,(H,21,23). The maximum atomic E-state index is 11.9. The first-order valence-electron chi connectivity index (χ1n) is 8.87. The molecule has 2 aromatic carbocycles. The summed E-state index contributed by atoms with van der Waals surface area (Å²) in [6.07, 6.45) is 3.18. The van der Waals surface area contributed by atoms with Crippen molar-refractivity contribution < 1.29 is 24.0 Å². The second-order valence-electron chi connectivity index (χ2n) is 6.56. The number of esters is 1. The number of benzene rings is 2. The number of nitro benzene ring substituents is 1. The van der Waals surface area contributed by atoms with Crippen LogP contribution < -0.4 is 10.1 Å². The van der Waals surface area contributed by atoms with Crippen molar-refractivity contribution in [1.29, 1.82) is 0 Å². The third-order valence-electron chi connectivity index (χ3n) is 4.41. The highest BCUT2D eigenvalue weighted by Gasteiger charge is 2.17. The highest BCUT2D eigenvalue weighted by molar-refractivity contribution is 5.95. The molecule has 1 N–H and O–H groups in total. The van der Waals surface area contributed by atoms with Gasteiger partial charge in [-0.05, 0) is 61.1 Å². The van der Waals surface area contributed by atoms with E-state index in [1.807, 2.05) is 12.1 Å². The molecule has 0 fully saturated rings. The van der Waals surface area contributed by atoms with E-state index in [2.05, 4.69) is 5.32 Å². The van der Waals surface area contributed by atoms with E-state index < -0.39 is 23.4 Å². The molecule has 0 aliphatic heterocycles. The molecule has 3 rings (SSSR count). The molecule has 0 radical (unpaired) electrons. The fraction of sp³-hybridized carbons (Fsp3) is 0.300. The van der Waals surface area contributed by atoms with Gasteiger partial charge < -0.3 is 14.8 Å². The van der Waals surface area contributed by atoms with Crippen LogP contribution in [0.5, 0.6) is 5.75 Å². The molecule has 0 bridgehead atoms. The van der Waals surface area contributed by atoms with E-state index in [4.69, 9.17) is 9.47 Å². The van der Waals surface area contributed by atoms with Crippen LogP contribution in [0.15, 0.2) is 36.4 Å². The molecule has 1 aliphatic rings. The number of amides is 1. The molecular weight excluding hydrogens is 364 g/mol. The summed E-state index contributed by atoms with van der Waals surface area (Å²) < 4.78 is 10.3. The lowest BCUT2D eigenvalue weighted by Crippen LogP contribution is -2.24. The molecule has 0 spiro atoms. The van der Waals surface area contributed by atoms with Crippen molar-refractivity contribution in [3.8, 4) is 5.75 Å². The number of ether oxygens (including phenoxy) is 2. The van der Waals surface area contributed by atoms with Gasteiger partial charge in [-0.25, -0.2) is 4.79 Å². The molecule has 8 nitrogen and oxygen atoms in total. The fourth-order valence-corrected chi connectivity index (χ4v) is 3.05. The molecule has 0 unspecified atom stereocenters. The van der Waals surface area contributed by atoms with Gasteiger partial charge in [-0.2, -0.15) is 0 Å². The summed E-state index contributed by atoms with van der Waals surface area (Å²) in [4.78, 5) is 34.2. The quantitative estimate of drug-likeness (QED) is 0.447. The van der Waals surface area contributed by atoms with Crippen LogP contribution in [-0.4, -0.2) is 30.0 Å². The van der Waals surface area contributed by atoms with Crippen molar-refractivity contribution in [2.75, 3.05) is 18.5 Å². The Morgan fingerprint density at radius 3 is 2.68 bits per heavy atom. The summed E-state index contributed by atoms with van der Waals surface area (Å²) in [6, 6.07) is 10.1. The topological polar surface area (TPSA) is 108 Å². The van der Waals surface area contributed by atoms with Crippen LogP contribution >= 0.6 is 0 Å². The van der Waals surface area contributed by atoms with Gasteiger partial charge in [0.2, 0.25) is 0 Å². The molecule has 2 aromatic rings. The zero-order valence-corrected chi connectivity index (χ0v) is 15.4. The zero-order valence-electron chi connectivity index (χ0n) is 15.4. The van der Waals surface area contributed by atoms with Gasteiger partial charge in [0.05, 0.1) is 4.92 Å². The van der Waals surface area contributed by atoms with Crippen LogP contribution in [0.1, 0.15) is 23.1 Å². The predicted molar refractivity (Wildman–Crippen MR) is 101 cm³/mol. The number of nitrogens with zero attached hydrogens (tertiary/aromatic N) is 1. The fourth-order valence-electron chi connectivity index (χ4n) is 3.05. The molecule has 8 heteroatoms. The summed E-state index contributed by atoms with van der Waals surface area (Å²) >= 11 is 0. The van der Waals surface area contributed by atoms with E-state index in [9.17, 15) is 19.7 Å². The second kappa shape index (κ2) is 8.51. The molecule has 146 valence electrons. The molecule has 28 heavy (non-hydrogen) atoms. The molecule has 0 saturated heterocycles. The van der Waals surface area contributed by atoms with Crippen LogP contribution in [0.4, 0.5) is 11.4 Å².